The van der Waals surface area contributed by atoms with Crippen LogP contribution in [0.2, 0.25) is 0 Å². The van der Waals surface area contributed by atoms with E-state index in [1.807, 2.05) is 6.07 Å². The lowest BCUT2D eigenvalue weighted by Crippen LogP contribution is -2.36. The van der Waals surface area contributed by atoms with E-state index in [9.17, 15) is 19.7 Å². The van der Waals surface area contributed by atoms with Crippen LogP contribution in [0.5, 0.6) is 0 Å². The third-order valence-corrected chi connectivity index (χ3v) is 3.78. The molecule has 0 aliphatic rings. The minimum absolute atomic E-state index is 0.0756. The molecule has 0 bridgehead atoms. The van der Waals surface area contributed by atoms with Crippen LogP contribution in [-0.4, -0.2) is 36.6 Å². The quantitative estimate of drug-likeness (QED) is 0.205. The summed E-state index contributed by atoms with van der Waals surface area (Å²) in [5, 5.41) is 11.0. The first-order valence-electron chi connectivity index (χ1n) is 7.11. The van der Waals surface area contributed by atoms with Crippen molar-refractivity contribution in [2.75, 3.05) is 19.8 Å². The third kappa shape index (κ3) is 5.77. The van der Waals surface area contributed by atoms with Crippen molar-refractivity contribution < 1.29 is 24.0 Å². The molecule has 0 amide bonds. The normalized spacial score (nSPS) is 11.8. The Morgan fingerprint density at radius 1 is 1.22 bits per heavy atom. The molecule has 1 unspecified atom stereocenters. The Kier molecular flexibility index (Phi) is 7.93. The van der Waals surface area contributed by atoms with Gasteiger partial charge in [-0.3, -0.25) is 19.7 Å². The van der Waals surface area contributed by atoms with E-state index >= 15 is 0 Å². The van der Waals surface area contributed by atoms with Gasteiger partial charge in [-0.15, -0.1) is 0 Å². The molecule has 0 spiro atoms. The zero-order valence-corrected chi connectivity index (χ0v) is 15.0. The number of benzene rings is 1. The van der Waals surface area contributed by atoms with E-state index < -0.39 is 35.2 Å². The first kappa shape index (κ1) is 19.3. The van der Waals surface area contributed by atoms with Crippen LogP contribution < -0.4 is 0 Å². The monoisotopic (exact) mass is 435 g/mol. The van der Waals surface area contributed by atoms with Gasteiger partial charge in [0.25, 0.3) is 0 Å². The Balaban J connectivity index is 3.27. The van der Waals surface area contributed by atoms with Crippen LogP contribution in [0.25, 0.3) is 0 Å². The van der Waals surface area contributed by atoms with Gasteiger partial charge in [-0.25, -0.2) is 0 Å². The molecule has 0 heterocycles. The predicted octanol–water partition coefficient (Wildman–Crippen LogP) is 2.39. The van der Waals surface area contributed by atoms with Crippen molar-refractivity contribution in [1.29, 1.82) is 0 Å². The number of nitrogens with zero attached hydrogens (tertiary/aromatic N) is 1. The molecule has 0 aromatic heterocycles. The molecule has 7 nitrogen and oxygen atoms in total. The van der Waals surface area contributed by atoms with Gasteiger partial charge in [0.1, 0.15) is 0 Å². The van der Waals surface area contributed by atoms with Crippen molar-refractivity contribution in [2.24, 2.45) is 5.92 Å². The van der Waals surface area contributed by atoms with E-state index in [0.29, 0.717) is 5.56 Å². The molecule has 0 N–H and O–H groups in total. The second-order valence-corrected chi connectivity index (χ2v) is 5.90. The average Bonchev–Trinajstić information content (AvgIpc) is 2.46. The van der Waals surface area contributed by atoms with Crippen molar-refractivity contribution in [3.05, 3.63) is 43.5 Å². The van der Waals surface area contributed by atoms with Crippen molar-refractivity contribution in [2.45, 2.75) is 19.8 Å². The van der Waals surface area contributed by atoms with Crippen LogP contribution in [0, 0.1) is 19.6 Å². The van der Waals surface area contributed by atoms with Crippen molar-refractivity contribution in [1.82, 2.24) is 0 Å². The summed E-state index contributed by atoms with van der Waals surface area (Å²) < 4.78 is 10.7. The van der Waals surface area contributed by atoms with Gasteiger partial charge < -0.3 is 9.47 Å². The molecule has 0 aliphatic heterocycles. The third-order valence-electron chi connectivity index (χ3n) is 3.11. The van der Waals surface area contributed by atoms with E-state index in [1.165, 1.54) is 0 Å². The van der Waals surface area contributed by atoms with E-state index in [0.717, 1.165) is 3.57 Å². The first-order chi connectivity index (χ1) is 10.9. The lowest BCUT2D eigenvalue weighted by Gasteiger charge is -2.21. The van der Waals surface area contributed by atoms with Gasteiger partial charge in [0.05, 0.1) is 19.1 Å². The van der Waals surface area contributed by atoms with Gasteiger partial charge in [0.2, 0.25) is 6.54 Å². The number of carbonyl (C=O) groups is 2. The maximum Gasteiger partial charge on any atom is 0.321 e. The summed E-state index contributed by atoms with van der Waals surface area (Å²) in [4.78, 5) is 34.9. The summed E-state index contributed by atoms with van der Waals surface area (Å²) in [5.41, 5.74) is 0.528. The highest BCUT2D eigenvalue weighted by atomic mass is 127. The molecular formula is C15H18INO6. The Labute approximate surface area is 147 Å². The predicted molar refractivity (Wildman–Crippen MR) is 90.5 cm³/mol. The second kappa shape index (κ2) is 9.43. The van der Waals surface area contributed by atoms with Crippen LogP contribution in [-0.2, 0) is 19.1 Å². The molecule has 126 valence electrons. The number of hydrogen-bond acceptors (Lipinski definition) is 6. The zero-order chi connectivity index (χ0) is 17.4. The standard InChI is InChI=1S/C15H18INO6/c1-3-22-14(18)13(15(19)23-4-2)12(9-17(20)21)10-6-5-7-11(16)8-10/h5-8,12-13H,3-4,9H2,1-2H3. The number of carbonyl (C=O) groups excluding carboxylic acids is 2. The van der Waals surface area contributed by atoms with E-state index in [2.05, 4.69) is 22.6 Å². The second-order valence-electron chi connectivity index (χ2n) is 4.66. The van der Waals surface area contributed by atoms with Crippen molar-refractivity contribution in [3.8, 4) is 0 Å². The van der Waals surface area contributed by atoms with E-state index in [1.54, 1.807) is 32.0 Å². The molecule has 1 rings (SSSR count). The molecule has 0 aliphatic carbocycles. The smallest absolute Gasteiger partial charge is 0.321 e. The topological polar surface area (TPSA) is 95.7 Å². The maximum absolute atomic E-state index is 12.2. The Bertz CT molecular complexity index is 559. The summed E-state index contributed by atoms with van der Waals surface area (Å²) in [5.74, 6) is -3.93. The lowest BCUT2D eigenvalue weighted by molar-refractivity contribution is -0.484. The maximum atomic E-state index is 12.2. The SMILES string of the molecule is CCOC(=O)C(C(=O)OCC)C(C[N+](=O)[O-])c1cccc(I)c1. The summed E-state index contributed by atoms with van der Waals surface area (Å²) in [6.07, 6.45) is 0. The van der Waals surface area contributed by atoms with Crippen LogP contribution >= 0.6 is 22.6 Å². The first-order valence-corrected chi connectivity index (χ1v) is 8.19. The fraction of sp³-hybridized carbons (Fsp3) is 0.467. The summed E-state index contributed by atoms with van der Waals surface area (Å²) in [7, 11) is 0. The summed E-state index contributed by atoms with van der Waals surface area (Å²) in [6.45, 7) is 2.79. The van der Waals surface area contributed by atoms with Gasteiger partial charge in [-0.05, 0) is 54.1 Å². The average molecular weight is 435 g/mol. The highest BCUT2D eigenvalue weighted by Crippen LogP contribution is 2.29. The number of ether oxygens (including phenoxy) is 2. The number of esters is 2. The Morgan fingerprint density at radius 3 is 2.22 bits per heavy atom. The minimum Gasteiger partial charge on any atom is -0.465 e. The number of rotatable bonds is 8. The highest BCUT2D eigenvalue weighted by molar-refractivity contribution is 14.1. The molecule has 1 aromatic carbocycles. The molecule has 1 atom stereocenters. The molecular weight excluding hydrogens is 417 g/mol. The van der Waals surface area contributed by atoms with Gasteiger partial charge in [-0.2, -0.15) is 0 Å². The van der Waals surface area contributed by atoms with Crippen LogP contribution in [0.4, 0.5) is 0 Å². The van der Waals surface area contributed by atoms with Crippen LogP contribution in [0.1, 0.15) is 25.3 Å². The molecule has 1 aromatic rings. The van der Waals surface area contributed by atoms with Crippen molar-refractivity contribution in [3.63, 3.8) is 0 Å². The van der Waals surface area contributed by atoms with Crippen LogP contribution in [0.3, 0.4) is 0 Å². The van der Waals surface area contributed by atoms with Gasteiger partial charge in [0, 0.05) is 8.49 Å². The Hall–Kier alpha value is -1.71. The molecule has 0 saturated carbocycles. The summed E-state index contributed by atoms with van der Waals surface area (Å²) in [6, 6.07) is 6.90. The fourth-order valence-corrected chi connectivity index (χ4v) is 2.76. The molecule has 0 fully saturated rings. The molecule has 8 heteroatoms. The van der Waals surface area contributed by atoms with Gasteiger partial charge in [-0.1, -0.05) is 12.1 Å². The number of nitro groups is 1. The highest BCUT2D eigenvalue weighted by Gasteiger charge is 2.41. The van der Waals surface area contributed by atoms with E-state index in [4.69, 9.17) is 9.47 Å². The van der Waals surface area contributed by atoms with Gasteiger partial charge >= 0.3 is 11.9 Å². The zero-order valence-electron chi connectivity index (χ0n) is 12.9. The molecule has 0 saturated heterocycles. The van der Waals surface area contributed by atoms with Crippen LogP contribution in [0.15, 0.2) is 24.3 Å². The van der Waals surface area contributed by atoms with E-state index in [-0.39, 0.29) is 13.2 Å². The van der Waals surface area contributed by atoms with Crippen molar-refractivity contribution >= 4 is 34.5 Å². The molecule has 0 radical (unpaired) electrons. The largest absolute Gasteiger partial charge is 0.465 e. The summed E-state index contributed by atoms with van der Waals surface area (Å²) >= 11 is 2.06. The lowest BCUT2D eigenvalue weighted by atomic mass is 9.86. The fourth-order valence-electron chi connectivity index (χ4n) is 2.19. The molecule has 23 heavy (non-hydrogen) atoms. The number of halogens is 1. The minimum atomic E-state index is -1.36. The van der Waals surface area contributed by atoms with Gasteiger partial charge in [0.15, 0.2) is 5.92 Å². The Morgan fingerprint density at radius 2 is 1.78 bits per heavy atom. The number of hydrogen-bond donors (Lipinski definition) is 0.